The molecule has 1 aromatic heterocycles. The molecule has 1 saturated heterocycles. The molecule has 35 heavy (non-hydrogen) atoms. The Balaban J connectivity index is 1.41. The molecule has 0 amide bonds. The number of H-pyrrole nitrogens is 1. The van der Waals surface area contributed by atoms with Crippen LogP contribution in [0.3, 0.4) is 0 Å². The first-order valence-electron chi connectivity index (χ1n) is 11.4. The van der Waals surface area contributed by atoms with Crippen molar-refractivity contribution in [1.82, 2.24) is 14.8 Å². The van der Waals surface area contributed by atoms with Crippen LogP contribution in [0.15, 0.2) is 72.9 Å². The van der Waals surface area contributed by atoms with Crippen molar-refractivity contribution in [2.24, 2.45) is 0 Å². The van der Waals surface area contributed by atoms with Gasteiger partial charge in [0.05, 0.1) is 6.04 Å². The summed E-state index contributed by atoms with van der Waals surface area (Å²) in [6.45, 7) is 2.21. The molecule has 0 bridgehead atoms. The second kappa shape index (κ2) is 9.77. The molecular formula is C27H24ClF2N3O2. The van der Waals surface area contributed by atoms with Gasteiger partial charge in [-0.25, -0.2) is 8.78 Å². The molecule has 1 aliphatic rings. The smallest absolute Gasteiger partial charge is 0.325 e. The van der Waals surface area contributed by atoms with Crippen LogP contribution in [-0.2, 0) is 4.79 Å². The second-order valence-corrected chi connectivity index (χ2v) is 9.19. The fraction of sp³-hybridized carbons (Fsp3) is 0.222. The van der Waals surface area contributed by atoms with Crippen molar-refractivity contribution in [3.8, 4) is 0 Å². The minimum absolute atomic E-state index is 0.200. The number of carboxylic acids is 1. The Bertz CT molecular complexity index is 1290. The van der Waals surface area contributed by atoms with Gasteiger partial charge in [-0.15, -0.1) is 0 Å². The van der Waals surface area contributed by atoms with Crippen molar-refractivity contribution in [3.05, 3.63) is 106 Å². The Hall–Kier alpha value is -3.26. The zero-order valence-electron chi connectivity index (χ0n) is 18.8. The van der Waals surface area contributed by atoms with Crippen LogP contribution in [0.1, 0.15) is 28.8 Å². The Morgan fingerprint density at radius 2 is 1.40 bits per heavy atom. The zero-order valence-corrected chi connectivity index (χ0v) is 19.6. The molecule has 1 fully saturated rings. The van der Waals surface area contributed by atoms with Gasteiger partial charge in [0.2, 0.25) is 0 Å². The maximum Gasteiger partial charge on any atom is 0.325 e. The largest absolute Gasteiger partial charge is 0.480 e. The van der Waals surface area contributed by atoms with Crippen LogP contribution in [-0.4, -0.2) is 52.0 Å². The van der Waals surface area contributed by atoms with Gasteiger partial charge in [0.15, 0.2) is 0 Å². The van der Waals surface area contributed by atoms with Crippen LogP contribution in [0.2, 0.25) is 5.02 Å². The summed E-state index contributed by atoms with van der Waals surface area (Å²) >= 11 is 6.18. The number of benzene rings is 3. The molecule has 0 radical (unpaired) electrons. The summed E-state index contributed by atoms with van der Waals surface area (Å²) in [6.07, 6.45) is 1.74. The summed E-state index contributed by atoms with van der Waals surface area (Å²) in [5.74, 6) is -1.56. The van der Waals surface area contributed by atoms with Crippen molar-refractivity contribution in [2.75, 3.05) is 26.2 Å². The number of nitrogens with one attached hydrogen (secondary N) is 1. The summed E-state index contributed by atoms with van der Waals surface area (Å²) in [5, 5.41) is 11.5. The van der Waals surface area contributed by atoms with Crippen LogP contribution in [0.5, 0.6) is 0 Å². The number of fused-ring (bicyclic) bond motifs is 1. The number of carboxylic acid groups (broad SMARTS) is 1. The summed E-state index contributed by atoms with van der Waals surface area (Å²) in [4.78, 5) is 19.7. The average molecular weight is 496 g/mol. The highest BCUT2D eigenvalue weighted by Crippen LogP contribution is 2.34. The molecule has 5 nitrogen and oxygen atoms in total. The van der Waals surface area contributed by atoms with Gasteiger partial charge in [-0.05, 0) is 53.6 Å². The topological polar surface area (TPSA) is 59.6 Å². The fourth-order valence-corrected chi connectivity index (χ4v) is 5.16. The van der Waals surface area contributed by atoms with E-state index in [1.807, 2.05) is 11.0 Å². The number of aromatic nitrogens is 1. The predicted octanol–water partition coefficient (Wildman–Crippen LogP) is 5.63. The van der Waals surface area contributed by atoms with E-state index in [-0.39, 0.29) is 17.7 Å². The lowest BCUT2D eigenvalue weighted by molar-refractivity contribution is -0.144. The molecule has 0 unspecified atom stereocenters. The van der Waals surface area contributed by atoms with E-state index in [9.17, 15) is 18.7 Å². The van der Waals surface area contributed by atoms with Gasteiger partial charge in [0, 0.05) is 53.9 Å². The Kier molecular flexibility index (Phi) is 6.56. The maximum atomic E-state index is 13.6. The lowest BCUT2D eigenvalue weighted by atomic mass is 9.95. The SMILES string of the molecule is O=C(O)[C@H](c1c[nH]c2ccc(Cl)cc12)N1CCN(C(c2ccc(F)cc2)c2ccc(F)cc2)CC1. The van der Waals surface area contributed by atoms with Crippen molar-refractivity contribution in [3.63, 3.8) is 0 Å². The molecule has 180 valence electrons. The third kappa shape index (κ3) is 4.80. The van der Waals surface area contributed by atoms with E-state index in [2.05, 4.69) is 9.88 Å². The summed E-state index contributed by atoms with van der Waals surface area (Å²) in [6, 6.07) is 17.0. The number of hydrogen-bond acceptors (Lipinski definition) is 3. The van der Waals surface area contributed by atoms with Crippen molar-refractivity contribution in [1.29, 1.82) is 0 Å². The van der Waals surface area contributed by atoms with Gasteiger partial charge in [-0.1, -0.05) is 35.9 Å². The van der Waals surface area contributed by atoms with E-state index >= 15 is 0 Å². The molecule has 0 saturated carbocycles. The number of carbonyl (C=O) groups is 1. The van der Waals surface area contributed by atoms with Crippen molar-refractivity contribution < 1.29 is 18.7 Å². The van der Waals surface area contributed by atoms with E-state index in [4.69, 9.17) is 11.6 Å². The van der Waals surface area contributed by atoms with Gasteiger partial charge in [-0.2, -0.15) is 0 Å². The quantitative estimate of drug-likeness (QED) is 0.364. The summed E-state index contributed by atoms with van der Waals surface area (Å²) < 4.78 is 27.2. The summed E-state index contributed by atoms with van der Waals surface area (Å²) in [7, 11) is 0. The lowest BCUT2D eigenvalue weighted by Gasteiger charge is -2.41. The normalized spacial score (nSPS) is 16.1. The molecule has 1 aliphatic heterocycles. The highest BCUT2D eigenvalue weighted by Gasteiger charge is 2.34. The minimum Gasteiger partial charge on any atom is -0.480 e. The third-order valence-corrected chi connectivity index (χ3v) is 6.89. The molecule has 5 rings (SSSR count). The fourth-order valence-electron chi connectivity index (χ4n) is 4.98. The van der Waals surface area contributed by atoms with E-state index < -0.39 is 12.0 Å². The number of piperazine rings is 1. The highest BCUT2D eigenvalue weighted by molar-refractivity contribution is 6.31. The first kappa shape index (κ1) is 23.5. The highest BCUT2D eigenvalue weighted by atomic mass is 35.5. The van der Waals surface area contributed by atoms with Crippen molar-refractivity contribution >= 4 is 28.5 Å². The summed E-state index contributed by atoms with van der Waals surface area (Å²) in [5.41, 5.74) is 3.30. The molecule has 2 heterocycles. The molecule has 0 spiro atoms. The Morgan fingerprint density at radius 3 is 1.94 bits per heavy atom. The van der Waals surface area contributed by atoms with Gasteiger partial charge < -0.3 is 10.1 Å². The molecule has 2 N–H and O–H groups in total. The van der Waals surface area contributed by atoms with E-state index in [1.54, 1.807) is 42.6 Å². The van der Waals surface area contributed by atoms with E-state index in [0.29, 0.717) is 36.8 Å². The number of hydrogen-bond donors (Lipinski definition) is 2. The van der Waals surface area contributed by atoms with Crippen LogP contribution in [0.25, 0.3) is 10.9 Å². The third-order valence-electron chi connectivity index (χ3n) is 6.65. The standard InChI is InChI=1S/C27H24ClF2N3O2/c28-19-5-10-24-22(15-19)23(16-31-24)26(27(34)35)33-13-11-32(12-14-33)25(17-1-6-20(29)7-2-17)18-3-8-21(30)9-4-18/h1-10,15-16,25-26,31H,11-14H2,(H,34,35)/t26-/m0/s1. The Labute approximate surface area is 206 Å². The van der Waals surface area contributed by atoms with Crippen molar-refractivity contribution in [2.45, 2.75) is 12.1 Å². The van der Waals surface area contributed by atoms with Crippen LogP contribution in [0.4, 0.5) is 8.78 Å². The number of aliphatic carboxylic acids is 1. The molecule has 1 atom stereocenters. The predicted molar refractivity (Wildman–Crippen MR) is 131 cm³/mol. The van der Waals surface area contributed by atoms with Crippen LogP contribution < -0.4 is 0 Å². The zero-order chi connectivity index (χ0) is 24.5. The molecule has 3 aromatic carbocycles. The number of aromatic amines is 1. The number of nitrogens with zero attached hydrogens (tertiary/aromatic N) is 2. The van der Waals surface area contributed by atoms with E-state index in [0.717, 1.165) is 22.0 Å². The molecule has 0 aliphatic carbocycles. The first-order valence-corrected chi connectivity index (χ1v) is 11.8. The number of rotatable bonds is 6. The maximum absolute atomic E-state index is 13.6. The second-order valence-electron chi connectivity index (χ2n) is 8.75. The average Bonchev–Trinajstić information content (AvgIpc) is 3.25. The lowest BCUT2D eigenvalue weighted by Crippen LogP contribution is -2.50. The van der Waals surface area contributed by atoms with Gasteiger partial charge in [-0.3, -0.25) is 14.6 Å². The van der Waals surface area contributed by atoms with Gasteiger partial charge in [0.1, 0.15) is 17.7 Å². The molecule has 8 heteroatoms. The Morgan fingerprint density at radius 1 is 0.857 bits per heavy atom. The van der Waals surface area contributed by atoms with Gasteiger partial charge >= 0.3 is 5.97 Å². The van der Waals surface area contributed by atoms with Crippen LogP contribution >= 0.6 is 11.6 Å². The van der Waals surface area contributed by atoms with E-state index in [1.165, 1.54) is 24.3 Å². The number of halogens is 3. The van der Waals surface area contributed by atoms with Gasteiger partial charge in [0.25, 0.3) is 0 Å². The minimum atomic E-state index is -0.923. The molecular weight excluding hydrogens is 472 g/mol. The molecule has 4 aromatic rings. The van der Waals surface area contributed by atoms with Crippen LogP contribution in [0, 0.1) is 11.6 Å². The monoisotopic (exact) mass is 495 g/mol. The first-order chi connectivity index (χ1) is 16.9.